The Morgan fingerprint density at radius 3 is 2.34 bits per heavy atom. The Hall–Kier alpha value is -3.76. The SMILES string of the molecule is CC[C@@H](C)NC(=O)[C@@H](Cc1ccccc1)N(Cc1ccccc1Cl)C(=O)CCCN(c1ccc2c(c1)OCCO2)S(C)(=O)=O. The number of sulfonamides is 1. The Balaban J connectivity index is 1.59. The van der Waals surface area contributed by atoms with Crippen molar-refractivity contribution in [1.82, 2.24) is 10.2 Å². The predicted molar refractivity (Wildman–Crippen MR) is 173 cm³/mol. The summed E-state index contributed by atoms with van der Waals surface area (Å²) in [5.74, 6) is 0.498. The van der Waals surface area contributed by atoms with Gasteiger partial charge in [-0.2, -0.15) is 0 Å². The molecule has 2 amide bonds. The van der Waals surface area contributed by atoms with E-state index in [2.05, 4.69) is 5.32 Å². The number of hydrogen-bond donors (Lipinski definition) is 1. The fourth-order valence-electron chi connectivity index (χ4n) is 5.00. The molecule has 2 atom stereocenters. The zero-order valence-corrected chi connectivity index (χ0v) is 26.9. The molecule has 11 heteroatoms. The Labute approximate surface area is 265 Å². The van der Waals surface area contributed by atoms with E-state index in [9.17, 15) is 18.0 Å². The molecule has 1 heterocycles. The molecule has 0 saturated carbocycles. The maximum Gasteiger partial charge on any atom is 0.243 e. The maximum absolute atomic E-state index is 14.0. The minimum atomic E-state index is -3.67. The van der Waals surface area contributed by atoms with Crippen molar-refractivity contribution in [2.75, 3.05) is 30.3 Å². The molecule has 4 rings (SSSR count). The lowest BCUT2D eigenvalue weighted by Gasteiger charge is -2.33. The number of carbonyl (C=O) groups excluding carboxylic acids is 2. The van der Waals surface area contributed by atoms with Gasteiger partial charge in [0.25, 0.3) is 0 Å². The number of anilines is 1. The van der Waals surface area contributed by atoms with Crippen LogP contribution in [0.1, 0.15) is 44.2 Å². The van der Waals surface area contributed by atoms with Crippen LogP contribution in [-0.4, -0.2) is 63.2 Å². The Morgan fingerprint density at radius 1 is 0.977 bits per heavy atom. The van der Waals surface area contributed by atoms with Gasteiger partial charge < -0.3 is 19.7 Å². The molecular formula is C33H40ClN3O6S. The van der Waals surface area contributed by atoms with Crippen LogP contribution in [-0.2, 0) is 32.6 Å². The van der Waals surface area contributed by atoms with E-state index >= 15 is 0 Å². The lowest BCUT2D eigenvalue weighted by molar-refractivity contribution is -0.141. The minimum absolute atomic E-state index is 0.0168. The molecule has 1 aliphatic rings. The average molecular weight is 642 g/mol. The third-order valence-electron chi connectivity index (χ3n) is 7.54. The van der Waals surface area contributed by atoms with Crippen molar-refractivity contribution < 1.29 is 27.5 Å². The van der Waals surface area contributed by atoms with Crippen molar-refractivity contribution >= 4 is 39.1 Å². The summed E-state index contributed by atoms with van der Waals surface area (Å²) in [6.07, 6.45) is 2.42. The van der Waals surface area contributed by atoms with Crippen LogP contribution in [0.3, 0.4) is 0 Å². The maximum atomic E-state index is 14.0. The summed E-state index contributed by atoms with van der Waals surface area (Å²) in [6, 6.07) is 20.9. The molecule has 0 bridgehead atoms. The van der Waals surface area contributed by atoms with E-state index in [0.29, 0.717) is 47.4 Å². The summed E-state index contributed by atoms with van der Waals surface area (Å²) in [5, 5.41) is 3.54. The standard InChI is InChI=1S/C33H40ClN3O6S/c1-4-24(2)35-33(39)29(21-25-11-6-5-7-12-25)36(23-26-13-8-9-14-28(26)34)32(38)15-10-18-37(44(3,40)41)27-16-17-30-31(22-27)43-20-19-42-30/h5-9,11-14,16-17,22,24,29H,4,10,15,18-21,23H2,1-3H3,(H,35,39)/t24-,29-/m1/s1. The van der Waals surface area contributed by atoms with E-state index in [4.69, 9.17) is 21.1 Å². The fourth-order valence-corrected chi connectivity index (χ4v) is 6.15. The Bertz CT molecular complexity index is 1540. The first-order valence-corrected chi connectivity index (χ1v) is 17.0. The van der Waals surface area contributed by atoms with Gasteiger partial charge in [-0.05, 0) is 49.1 Å². The first kappa shape index (κ1) is 33.1. The molecule has 44 heavy (non-hydrogen) atoms. The highest BCUT2D eigenvalue weighted by molar-refractivity contribution is 7.92. The van der Waals surface area contributed by atoms with Crippen LogP contribution in [0.5, 0.6) is 11.5 Å². The molecule has 3 aromatic rings. The van der Waals surface area contributed by atoms with Crippen LogP contribution in [0.15, 0.2) is 72.8 Å². The topological polar surface area (TPSA) is 105 Å². The molecule has 0 saturated heterocycles. The van der Waals surface area contributed by atoms with E-state index < -0.39 is 16.1 Å². The van der Waals surface area contributed by atoms with Gasteiger partial charge >= 0.3 is 0 Å². The van der Waals surface area contributed by atoms with Crippen LogP contribution in [0, 0.1) is 0 Å². The van der Waals surface area contributed by atoms with Gasteiger partial charge in [-0.25, -0.2) is 8.42 Å². The second kappa shape index (κ2) is 15.3. The van der Waals surface area contributed by atoms with Crippen LogP contribution >= 0.6 is 11.6 Å². The van der Waals surface area contributed by atoms with Crippen LogP contribution < -0.4 is 19.1 Å². The van der Waals surface area contributed by atoms with Gasteiger partial charge in [-0.3, -0.25) is 13.9 Å². The summed E-state index contributed by atoms with van der Waals surface area (Å²) in [5.41, 5.74) is 2.05. The van der Waals surface area contributed by atoms with Gasteiger partial charge in [-0.15, -0.1) is 0 Å². The molecule has 9 nitrogen and oxygen atoms in total. The number of halogens is 1. The summed E-state index contributed by atoms with van der Waals surface area (Å²) in [6.45, 7) is 4.90. The van der Waals surface area contributed by atoms with E-state index in [-0.39, 0.29) is 43.8 Å². The normalized spacial score (nSPS) is 13.9. The Morgan fingerprint density at radius 2 is 1.66 bits per heavy atom. The molecule has 0 unspecified atom stereocenters. The highest BCUT2D eigenvalue weighted by atomic mass is 35.5. The van der Waals surface area contributed by atoms with Crippen molar-refractivity contribution in [2.45, 2.75) is 58.2 Å². The smallest absolute Gasteiger partial charge is 0.243 e. The van der Waals surface area contributed by atoms with Crippen LogP contribution in [0.4, 0.5) is 5.69 Å². The zero-order valence-electron chi connectivity index (χ0n) is 25.4. The third-order valence-corrected chi connectivity index (χ3v) is 9.10. The van der Waals surface area contributed by atoms with E-state index in [1.807, 2.05) is 62.4 Å². The zero-order chi connectivity index (χ0) is 31.7. The number of amides is 2. The molecule has 0 fully saturated rings. The molecule has 0 aromatic heterocycles. The van der Waals surface area contributed by atoms with Gasteiger partial charge in [0.05, 0.1) is 11.9 Å². The van der Waals surface area contributed by atoms with Crippen molar-refractivity contribution in [1.29, 1.82) is 0 Å². The fraction of sp³-hybridized carbons (Fsp3) is 0.394. The highest BCUT2D eigenvalue weighted by Gasteiger charge is 2.31. The minimum Gasteiger partial charge on any atom is -0.486 e. The molecule has 1 aliphatic heterocycles. The third kappa shape index (κ3) is 8.89. The lowest BCUT2D eigenvalue weighted by Crippen LogP contribution is -2.52. The van der Waals surface area contributed by atoms with Gasteiger partial charge in [0.2, 0.25) is 21.8 Å². The van der Waals surface area contributed by atoms with Gasteiger partial charge in [-0.1, -0.05) is 67.1 Å². The lowest BCUT2D eigenvalue weighted by atomic mass is 10.0. The van der Waals surface area contributed by atoms with Crippen molar-refractivity contribution in [3.05, 3.63) is 88.9 Å². The Kier molecular flexibility index (Phi) is 11.5. The van der Waals surface area contributed by atoms with Crippen molar-refractivity contribution in [3.8, 4) is 11.5 Å². The van der Waals surface area contributed by atoms with Gasteiger partial charge in [0, 0.05) is 43.1 Å². The summed E-state index contributed by atoms with van der Waals surface area (Å²) in [7, 11) is -3.67. The average Bonchev–Trinajstić information content (AvgIpc) is 3.01. The van der Waals surface area contributed by atoms with Crippen molar-refractivity contribution in [2.24, 2.45) is 0 Å². The number of nitrogens with zero attached hydrogens (tertiary/aromatic N) is 2. The van der Waals surface area contributed by atoms with Gasteiger partial charge in [0.15, 0.2) is 11.5 Å². The number of ether oxygens (including phenoxy) is 2. The van der Waals surface area contributed by atoms with Gasteiger partial charge in [0.1, 0.15) is 19.3 Å². The van der Waals surface area contributed by atoms with Crippen LogP contribution in [0.2, 0.25) is 5.02 Å². The summed E-state index contributed by atoms with van der Waals surface area (Å²) in [4.78, 5) is 29.3. The molecule has 0 radical (unpaired) electrons. The molecule has 0 spiro atoms. The molecule has 1 N–H and O–H groups in total. The largest absolute Gasteiger partial charge is 0.486 e. The quantitative estimate of drug-likeness (QED) is 0.259. The first-order chi connectivity index (χ1) is 21.1. The van der Waals surface area contributed by atoms with E-state index in [1.54, 1.807) is 29.2 Å². The van der Waals surface area contributed by atoms with E-state index in [0.717, 1.165) is 18.2 Å². The number of nitrogens with one attached hydrogen (secondary N) is 1. The highest BCUT2D eigenvalue weighted by Crippen LogP contribution is 2.35. The number of benzene rings is 3. The first-order valence-electron chi connectivity index (χ1n) is 14.8. The summed E-state index contributed by atoms with van der Waals surface area (Å²) < 4.78 is 38.1. The number of fused-ring (bicyclic) bond motifs is 1. The second-order valence-electron chi connectivity index (χ2n) is 10.9. The second-order valence-corrected chi connectivity index (χ2v) is 13.2. The number of rotatable bonds is 14. The monoisotopic (exact) mass is 641 g/mol. The van der Waals surface area contributed by atoms with E-state index in [1.165, 1.54) is 4.31 Å². The number of carbonyl (C=O) groups is 2. The molecule has 3 aromatic carbocycles. The molecular weight excluding hydrogens is 602 g/mol. The molecule has 0 aliphatic carbocycles. The van der Waals surface area contributed by atoms with Crippen LogP contribution in [0.25, 0.3) is 0 Å². The predicted octanol–water partition coefficient (Wildman–Crippen LogP) is 5.21. The molecule has 236 valence electrons. The summed E-state index contributed by atoms with van der Waals surface area (Å²) >= 11 is 6.51. The van der Waals surface area contributed by atoms with Crippen molar-refractivity contribution in [3.63, 3.8) is 0 Å². The number of hydrogen-bond acceptors (Lipinski definition) is 6.